The molecule has 0 aromatic heterocycles. The van der Waals surface area contributed by atoms with Crippen LogP contribution in [0.5, 0.6) is 0 Å². The molecule has 0 unspecified atom stereocenters. The van der Waals surface area contributed by atoms with Gasteiger partial charge in [-0.15, -0.1) is 0 Å². The molecule has 244 valence electrons. The quantitative estimate of drug-likeness (QED) is 0.0930. The van der Waals surface area contributed by atoms with Gasteiger partial charge in [0.1, 0.15) is 30.2 Å². The van der Waals surface area contributed by atoms with Crippen LogP contribution in [0.25, 0.3) is 0 Å². The zero-order valence-electron chi connectivity index (χ0n) is 25.7. The summed E-state index contributed by atoms with van der Waals surface area (Å²) in [6, 6.07) is 2.51. The van der Waals surface area contributed by atoms with Crippen LogP contribution in [0.2, 0.25) is 0 Å². The van der Waals surface area contributed by atoms with Crippen LogP contribution in [0.1, 0.15) is 53.0 Å². The molecule has 6 atom stereocenters. The lowest BCUT2D eigenvalue weighted by molar-refractivity contribution is -0.143. The van der Waals surface area contributed by atoms with E-state index in [1.54, 1.807) is 51.1 Å². The van der Waals surface area contributed by atoms with Gasteiger partial charge in [-0.05, 0) is 24.3 Å². The van der Waals surface area contributed by atoms with Crippen molar-refractivity contribution in [2.24, 2.45) is 23.3 Å². The Morgan fingerprint density at radius 3 is 1.82 bits per heavy atom. The summed E-state index contributed by atoms with van der Waals surface area (Å²) in [7, 11) is 0. The van der Waals surface area contributed by atoms with Crippen molar-refractivity contribution < 1.29 is 38.7 Å². The lowest BCUT2D eigenvalue weighted by Crippen LogP contribution is -2.60. The Morgan fingerprint density at radius 2 is 1.32 bits per heavy atom. The molecule has 0 aliphatic rings. The van der Waals surface area contributed by atoms with Crippen LogP contribution in [-0.2, 0) is 40.0 Å². The zero-order chi connectivity index (χ0) is 33.6. The standard InChI is InChI=1S/C29H45N7O8/c1-6-16(4)24(35-22(38)14-30)28(42)36-23(15(2)3)27(41)32-17(5)25(39)33-19(12-18-10-8-7-9-11-18)26(40)34-20(29(43)44)13-21(31)37/h7-11,15-17,19-20,23-24H,6,12-14,30H2,1-5H3,(H2,31,37)(H,32,41)(H,33,39)(H,34,40)(H,35,38)(H,36,42)(H,43,44)/t16-,17-,19-,20-,23-,24-/m0/s1. The molecular formula is C29H45N7O8. The molecule has 0 saturated heterocycles. The van der Waals surface area contributed by atoms with Crippen LogP contribution in [-0.4, -0.2) is 83.3 Å². The highest BCUT2D eigenvalue weighted by Gasteiger charge is 2.33. The van der Waals surface area contributed by atoms with E-state index in [9.17, 15) is 38.7 Å². The van der Waals surface area contributed by atoms with E-state index in [0.29, 0.717) is 12.0 Å². The number of carbonyl (C=O) groups is 7. The maximum Gasteiger partial charge on any atom is 0.326 e. The van der Waals surface area contributed by atoms with Gasteiger partial charge in [0, 0.05) is 6.42 Å². The van der Waals surface area contributed by atoms with Gasteiger partial charge in [0.15, 0.2) is 0 Å². The van der Waals surface area contributed by atoms with Gasteiger partial charge in [0.2, 0.25) is 35.4 Å². The minimum absolute atomic E-state index is 0.0296. The monoisotopic (exact) mass is 619 g/mol. The van der Waals surface area contributed by atoms with Gasteiger partial charge >= 0.3 is 5.97 Å². The highest BCUT2D eigenvalue weighted by atomic mass is 16.4. The molecule has 10 N–H and O–H groups in total. The number of hydrogen-bond acceptors (Lipinski definition) is 8. The maximum atomic E-state index is 13.2. The smallest absolute Gasteiger partial charge is 0.326 e. The second-order valence-corrected chi connectivity index (χ2v) is 10.9. The molecule has 1 rings (SSSR count). The fourth-order valence-electron chi connectivity index (χ4n) is 4.11. The van der Waals surface area contributed by atoms with E-state index in [0.717, 1.165) is 0 Å². The van der Waals surface area contributed by atoms with Gasteiger partial charge in [-0.3, -0.25) is 28.8 Å². The number of benzene rings is 1. The van der Waals surface area contributed by atoms with Crippen LogP contribution in [0.15, 0.2) is 30.3 Å². The van der Waals surface area contributed by atoms with Gasteiger partial charge < -0.3 is 43.2 Å². The summed E-state index contributed by atoms with van der Waals surface area (Å²) in [6.45, 7) is 8.06. The molecule has 0 spiro atoms. The third-order valence-electron chi connectivity index (χ3n) is 6.93. The van der Waals surface area contributed by atoms with Crippen LogP contribution < -0.4 is 38.1 Å². The Labute approximate surface area is 256 Å². The Kier molecular flexibility index (Phi) is 15.5. The third-order valence-corrected chi connectivity index (χ3v) is 6.93. The van der Waals surface area contributed by atoms with Crippen molar-refractivity contribution in [1.82, 2.24) is 26.6 Å². The number of carboxylic acids is 1. The number of nitrogens with two attached hydrogens (primary N) is 2. The van der Waals surface area contributed by atoms with Crippen molar-refractivity contribution in [3.63, 3.8) is 0 Å². The number of aliphatic carboxylic acids is 1. The molecule has 15 nitrogen and oxygen atoms in total. The average molecular weight is 620 g/mol. The molecule has 0 fully saturated rings. The SMILES string of the molecule is CC[C@H](C)[C@H](NC(=O)CN)C(=O)N[C@H](C(=O)N[C@@H](C)C(=O)N[C@@H](Cc1ccccc1)C(=O)N[C@@H](CC(N)=O)C(=O)O)C(C)C. The Morgan fingerprint density at radius 1 is 0.750 bits per heavy atom. The summed E-state index contributed by atoms with van der Waals surface area (Å²) in [4.78, 5) is 87.2. The zero-order valence-corrected chi connectivity index (χ0v) is 25.7. The highest BCUT2D eigenvalue weighted by Crippen LogP contribution is 2.11. The minimum Gasteiger partial charge on any atom is -0.480 e. The normalized spacial score (nSPS) is 15.0. The van der Waals surface area contributed by atoms with E-state index in [4.69, 9.17) is 11.5 Å². The average Bonchev–Trinajstić information content (AvgIpc) is 2.96. The topological polar surface area (TPSA) is 252 Å². The van der Waals surface area contributed by atoms with Gasteiger partial charge in [-0.25, -0.2) is 4.79 Å². The molecule has 0 saturated carbocycles. The fourth-order valence-corrected chi connectivity index (χ4v) is 4.11. The maximum absolute atomic E-state index is 13.2. The molecular weight excluding hydrogens is 574 g/mol. The molecule has 44 heavy (non-hydrogen) atoms. The van der Waals surface area contributed by atoms with E-state index >= 15 is 0 Å². The van der Waals surface area contributed by atoms with Crippen molar-refractivity contribution in [1.29, 1.82) is 0 Å². The number of primary amides is 1. The predicted molar refractivity (Wildman–Crippen MR) is 160 cm³/mol. The predicted octanol–water partition coefficient (Wildman–Crippen LogP) is -1.71. The molecule has 0 aliphatic carbocycles. The molecule has 0 heterocycles. The number of nitrogens with one attached hydrogen (secondary N) is 5. The highest BCUT2D eigenvalue weighted by molar-refractivity contribution is 5.96. The number of carbonyl (C=O) groups excluding carboxylic acids is 6. The van der Waals surface area contributed by atoms with Crippen molar-refractivity contribution in [2.45, 2.75) is 84.1 Å². The van der Waals surface area contributed by atoms with Crippen molar-refractivity contribution in [2.75, 3.05) is 6.54 Å². The first-order valence-electron chi connectivity index (χ1n) is 14.4. The van der Waals surface area contributed by atoms with Crippen LogP contribution in [0.3, 0.4) is 0 Å². The summed E-state index contributed by atoms with van der Waals surface area (Å²) in [5.74, 6) is -6.54. The van der Waals surface area contributed by atoms with Gasteiger partial charge in [0.25, 0.3) is 0 Å². The van der Waals surface area contributed by atoms with Gasteiger partial charge in [-0.2, -0.15) is 0 Å². The van der Waals surface area contributed by atoms with Crippen LogP contribution >= 0.6 is 0 Å². The molecule has 0 aliphatic heterocycles. The first kappa shape index (κ1) is 37.5. The molecule has 15 heteroatoms. The largest absolute Gasteiger partial charge is 0.480 e. The Balaban J connectivity index is 3.08. The molecule has 6 amide bonds. The summed E-state index contributed by atoms with van der Waals surface area (Å²) < 4.78 is 0. The number of hydrogen-bond donors (Lipinski definition) is 8. The first-order valence-corrected chi connectivity index (χ1v) is 14.4. The molecule has 1 aromatic carbocycles. The Hall–Kier alpha value is -4.53. The number of rotatable bonds is 18. The van der Waals surface area contributed by atoms with Gasteiger partial charge in [-0.1, -0.05) is 64.4 Å². The van der Waals surface area contributed by atoms with E-state index in [1.165, 1.54) is 6.92 Å². The summed E-state index contributed by atoms with van der Waals surface area (Å²) in [5, 5.41) is 21.9. The van der Waals surface area contributed by atoms with E-state index in [-0.39, 0.29) is 18.9 Å². The third kappa shape index (κ3) is 12.4. The first-order chi connectivity index (χ1) is 20.6. The fraction of sp³-hybridized carbons (Fsp3) is 0.552. The molecule has 0 bridgehead atoms. The van der Waals surface area contributed by atoms with Gasteiger partial charge in [0.05, 0.1) is 13.0 Å². The van der Waals surface area contributed by atoms with E-state index in [2.05, 4.69) is 26.6 Å². The molecule has 0 radical (unpaired) electrons. The van der Waals surface area contributed by atoms with Crippen LogP contribution in [0.4, 0.5) is 0 Å². The van der Waals surface area contributed by atoms with Crippen LogP contribution in [0, 0.1) is 11.8 Å². The minimum atomic E-state index is -1.61. The van der Waals surface area contributed by atoms with Crippen molar-refractivity contribution in [3.05, 3.63) is 35.9 Å². The summed E-state index contributed by atoms with van der Waals surface area (Å²) in [6.07, 6.45) is -0.125. The lowest BCUT2D eigenvalue weighted by Gasteiger charge is -2.29. The lowest BCUT2D eigenvalue weighted by atomic mass is 9.96. The summed E-state index contributed by atoms with van der Waals surface area (Å²) in [5.41, 5.74) is 11.1. The summed E-state index contributed by atoms with van der Waals surface area (Å²) >= 11 is 0. The van der Waals surface area contributed by atoms with Crippen molar-refractivity contribution >= 4 is 41.4 Å². The second-order valence-electron chi connectivity index (χ2n) is 10.9. The molecule has 1 aromatic rings. The van der Waals surface area contributed by atoms with E-state index in [1.807, 2.05) is 6.92 Å². The number of amides is 6. The second kappa shape index (κ2) is 18.2. The Bertz CT molecular complexity index is 1180. The number of carboxylic acid groups (broad SMARTS) is 1. The van der Waals surface area contributed by atoms with E-state index < -0.39 is 84.0 Å². The van der Waals surface area contributed by atoms with Crippen molar-refractivity contribution in [3.8, 4) is 0 Å².